The molecule has 1 aromatic rings. The zero-order valence-electron chi connectivity index (χ0n) is 10.6. The Morgan fingerprint density at radius 2 is 2.28 bits per heavy atom. The second-order valence-corrected chi connectivity index (χ2v) is 5.48. The smallest absolute Gasteiger partial charge is 0.0640 e. The first-order chi connectivity index (χ1) is 8.74. The van der Waals surface area contributed by atoms with Gasteiger partial charge in [0.15, 0.2) is 0 Å². The van der Waals surface area contributed by atoms with Crippen LogP contribution in [0.3, 0.4) is 0 Å². The molecule has 0 bridgehead atoms. The summed E-state index contributed by atoms with van der Waals surface area (Å²) in [5, 5.41) is 4.86. The minimum absolute atomic E-state index is 0.235. The van der Waals surface area contributed by atoms with Crippen LogP contribution in [0.4, 0.5) is 0 Å². The van der Waals surface area contributed by atoms with Crippen molar-refractivity contribution in [2.24, 2.45) is 5.92 Å². The van der Waals surface area contributed by atoms with Crippen LogP contribution in [0.2, 0.25) is 10.0 Å². The first-order valence-electron chi connectivity index (χ1n) is 6.49. The van der Waals surface area contributed by atoms with Crippen LogP contribution in [0.25, 0.3) is 0 Å². The Bertz CT molecular complexity index is 391. The molecule has 0 spiro atoms. The van der Waals surface area contributed by atoms with Crippen LogP contribution in [-0.2, 0) is 4.74 Å². The Kier molecular flexibility index (Phi) is 5.31. The first kappa shape index (κ1) is 14.1. The highest BCUT2D eigenvalue weighted by Gasteiger charge is 2.28. The summed E-state index contributed by atoms with van der Waals surface area (Å²) in [7, 11) is 0. The molecule has 2 rings (SSSR count). The van der Waals surface area contributed by atoms with Crippen LogP contribution in [-0.4, -0.2) is 19.8 Å². The van der Waals surface area contributed by atoms with Gasteiger partial charge in [0.2, 0.25) is 0 Å². The number of rotatable bonds is 5. The molecule has 0 radical (unpaired) electrons. The standard InChI is InChI=1S/C14H19Cl2NO/c1-2-7-17-14(10-6-8-18-9-10)11-4-3-5-12(15)13(11)16/h3-5,10,14,17H,2,6-9H2,1H3. The highest BCUT2D eigenvalue weighted by Crippen LogP contribution is 2.36. The zero-order chi connectivity index (χ0) is 13.0. The summed E-state index contributed by atoms with van der Waals surface area (Å²) in [6.45, 7) is 4.77. The molecule has 100 valence electrons. The van der Waals surface area contributed by atoms with Gasteiger partial charge in [0.1, 0.15) is 0 Å². The lowest BCUT2D eigenvalue weighted by atomic mass is 9.92. The van der Waals surface area contributed by atoms with Crippen LogP contribution >= 0.6 is 23.2 Å². The molecule has 2 unspecified atom stereocenters. The van der Waals surface area contributed by atoms with E-state index in [9.17, 15) is 0 Å². The predicted octanol–water partition coefficient (Wildman–Crippen LogP) is 4.07. The van der Waals surface area contributed by atoms with Crippen molar-refractivity contribution in [3.05, 3.63) is 33.8 Å². The highest BCUT2D eigenvalue weighted by molar-refractivity contribution is 6.42. The van der Waals surface area contributed by atoms with Crippen LogP contribution in [0, 0.1) is 5.92 Å². The average Bonchev–Trinajstić information content (AvgIpc) is 2.88. The fourth-order valence-electron chi connectivity index (χ4n) is 2.41. The maximum absolute atomic E-state index is 6.33. The number of nitrogens with one attached hydrogen (secondary N) is 1. The molecule has 18 heavy (non-hydrogen) atoms. The minimum atomic E-state index is 0.235. The van der Waals surface area contributed by atoms with Gasteiger partial charge in [-0.15, -0.1) is 0 Å². The largest absolute Gasteiger partial charge is 0.381 e. The molecule has 0 saturated carbocycles. The summed E-state index contributed by atoms with van der Waals surface area (Å²) >= 11 is 12.4. The van der Waals surface area contributed by atoms with Crippen molar-refractivity contribution < 1.29 is 4.74 Å². The van der Waals surface area contributed by atoms with E-state index in [0.29, 0.717) is 16.0 Å². The quantitative estimate of drug-likeness (QED) is 0.881. The monoisotopic (exact) mass is 287 g/mol. The summed E-state index contributed by atoms with van der Waals surface area (Å²) in [6, 6.07) is 6.08. The van der Waals surface area contributed by atoms with E-state index in [1.165, 1.54) is 0 Å². The first-order valence-corrected chi connectivity index (χ1v) is 7.24. The molecule has 1 aromatic carbocycles. The molecule has 2 atom stereocenters. The van der Waals surface area contributed by atoms with Gasteiger partial charge in [0.05, 0.1) is 16.7 Å². The van der Waals surface area contributed by atoms with Crippen molar-refractivity contribution in [1.82, 2.24) is 5.32 Å². The van der Waals surface area contributed by atoms with E-state index in [-0.39, 0.29) is 6.04 Å². The van der Waals surface area contributed by atoms with Crippen molar-refractivity contribution in [3.63, 3.8) is 0 Å². The average molecular weight is 288 g/mol. The fraction of sp³-hybridized carbons (Fsp3) is 0.571. The summed E-state index contributed by atoms with van der Waals surface area (Å²) < 4.78 is 5.49. The van der Waals surface area contributed by atoms with Gasteiger partial charge in [-0.05, 0) is 31.0 Å². The fourth-order valence-corrected chi connectivity index (χ4v) is 2.83. The lowest BCUT2D eigenvalue weighted by molar-refractivity contribution is 0.176. The number of halogens is 2. The van der Waals surface area contributed by atoms with Crippen LogP contribution in [0.15, 0.2) is 18.2 Å². The van der Waals surface area contributed by atoms with Crippen molar-refractivity contribution in [1.29, 1.82) is 0 Å². The molecule has 1 N–H and O–H groups in total. The SMILES string of the molecule is CCCNC(c1cccc(Cl)c1Cl)C1CCOC1. The summed E-state index contributed by atoms with van der Waals surface area (Å²) in [4.78, 5) is 0. The number of ether oxygens (including phenoxy) is 1. The Labute approximate surface area is 119 Å². The van der Waals surface area contributed by atoms with Crippen LogP contribution in [0.5, 0.6) is 0 Å². The number of hydrogen-bond acceptors (Lipinski definition) is 2. The molecule has 1 saturated heterocycles. The van der Waals surface area contributed by atoms with E-state index < -0.39 is 0 Å². The molecule has 0 aliphatic carbocycles. The van der Waals surface area contributed by atoms with E-state index in [4.69, 9.17) is 27.9 Å². The Morgan fingerprint density at radius 1 is 1.44 bits per heavy atom. The summed E-state index contributed by atoms with van der Waals surface area (Å²) in [5.41, 5.74) is 1.09. The van der Waals surface area contributed by atoms with Crippen molar-refractivity contribution in [2.75, 3.05) is 19.8 Å². The minimum Gasteiger partial charge on any atom is -0.381 e. The lowest BCUT2D eigenvalue weighted by Crippen LogP contribution is -2.29. The topological polar surface area (TPSA) is 21.3 Å². The van der Waals surface area contributed by atoms with Crippen molar-refractivity contribution in [2.45, 2.75) is 25.8 Å². The molecule has 4 heteroatoms. The molecule has 2 nitrogen and oxygen atoms in total. The van der Waals surface area contributed by atoms with Gasteiger partial charge >= 0.3 is 0 Å². The van der Waals surface area contributed by atoms with Crippen LogP contribution < -0.4 is 5.32 Å². The number of benzene rings is 1. The Morgan fingerprint density at radius 3 is 2.94 bits per heavy atom. The highest BCUT2D eigenvalue weighted by atomic mass is 35.5. The van der Waals surface area contributed by atoms with Crippen molar-refractivity contribution >= 4 is 23.2 Å². The van der Waals surface area contributed by atoms with E-state index in [1.807, 2.05) is 12.1 Å². The summed E-state index contributed by atoms with van der Waals surface area (Å²) in [5.74, 6) is 0.479. The molecule has 1 aliphatic heterocycles. The van der Waals surface area contributed by atoms with Gasteiger partial charge in [-0.2, -0.15) is 0 Å². The molecular weight excluding hydrogens is 269 g/mol. The van der Waals surface area contributed by atoms with Gasteiger partial charge in [0.25, 0.3) is 0 Å². The molecule has 1 aliphatic rings. The van der Waals surface area contributed by atoms with Gasteiger partial charge in [-0.3, -0.25) is 0 Å². The second kappa shape index (κ2) is 6.76. The van der Waals surface area contributed by atoms with Crippen molar-refractivity contribution in [3.8, 4) is 0 Å². The van der Waals surface area contributed by atoms with Crippen LogP contribution in [0.1, 0.15) is 31.4 Å². The normalized spacial score (nSPS) is 21.2. The molecule has 1 fully saturated rings. The Balaban J connectivity index is 2.23. The van der Waals surface area contributed by atoms with Gasteiger partial charge in [-0.25, -0.2) is 0 Å². The maximum Gasteiger partial charge on any atom is 0.0640 e. The molecular formula is C14H19Cl2NO. The van der Waals surface area contributed by atoms with Gasteiger partial charge in [0, 0.05) is 18.6 Å². The van der Waals surface area contributed by atoms with E-state index in [0.717, 1.165) is 38.2 Å². The maximum atomic E-state index is 6.33. The number of hydrogen-bond donors (Lipinski definition) is 1. The van der Waals surface area contributed by atoms with E-state index >= 15 is 0 Å². The third-order valence-corrected chi connectivity index (χ3v) is 4.20. The third-order valence-electron chi connectivity index (χ3n) is 3.37. The second-order valence-electron chi connectivity index (χ2n) is 4.70. The molecule has 0 amide bonds. The predicted molar refractivity (Wildman–Crippen MR) is 76.4 cm³/mol. The third kappa shape index (κ3) is 3.18. The lowest BCUT2D eigenvalue weighted by Gasteiger charge is -2.25. The van der Waals surface area contributed by atoms with E-state index in [2.05, 4.69) is 18.3 Å². The Hall–Kier alpha value is -0.280. The zero-order valence-corrected chi connectivity index (χ0v) is 12.1. The van der Waals surface area contributed by atoms with Gasteiger partial charge in [-0.1, -0.05) is 42.3 Å². The molecule has 1 heterocycles. The summed E-state index contributed by atoms with van der Waals surface area (Å²) in [6.07, 6.45) is 2.17. The van der Waals surface area contributed by atoms with Gasteiger partial charge < -0.3 is 10.1 Å². The molecule has 0 aromatic heterocycles. The van der Waals surface area contributed by atoms with E-state index in [1.54, 1.807) is 0 Å².